The van der Waals surface area contributed by atoms with Gasteiger partial charge < -0.3 is 32.5 Å². The Morgan fingerprint density at radius 1 is 1.11 bits per heavy atom. The van der Waals surface area contributed by atoms with Gasteiger partial charge in [-0.15, -0.1) is 11.3 Å². The van der Waals surface area contributed by atoms with Crippen molar-refractivity contribution >= 4 is 56.5 Å². The second-order valence-electron chi connectivity index (χ2n) is 8.64. The summed E-state index contributed by atoms with van der Waals surface area (Å²) >= 11 is 1.03. The molecule has 0 aliphatic rings. The van der Waals surface area contributed by atoms with Crippen molar-refractivity contribution in [3.63, 3.8) is 0 Å². The first-order chi connectivity index (χ1) is 18.0. The number of nitrogens with zero attached hydrogens (tertiary/aromatic N) is 2. The number of alkyl halides is 2. The quantitative estimate of drug-likeness (QED) is 0.190. The highest BCUT2D eigenvalue weighted by atomic mass is 32.1. The highest BCUT2D eigenvalue weighted by Crippen LogP contribution is 2.39. The molecule has 38 heavy (non-hydrogen) atoms. The molecule has 8 N–H and O–H groups in total. The van der Waals surface area contributed by atoms with Gasteiger partial charge in [-0.25, -0.2) is 23.5 Å². The van der Waals surface area contributed by atoms with Crippen LogP contribution < -0.4 is 27.4 Å². The molecular weight excluding hydrogens is 516 g/mol. The lowest BCUT2D eigenvalue weighted by atomic mass is 10.1. The van der Waals surface area contributed by atoms with E-state index in [1.54, 1.807) is 31.2 Å². The molecule has 4 rings (SSSR count). The van der Waals surface area contributed by atoms with E-state index in [1.165, 1.54) is 24.3 Å². The maximum Gasteiger partial charge on any atom is 0.323 e. The zero-order chi connectivity index (χ0) is 27.6. The summed E-state index contributed by atoms with van der Waals surface area (Å²) in [6, 6.07) is 11.1. The van der Waals surface area contributed by atoms with Crippen LogP contribution in [0, 0.1) is 0 Å². The fourth-order valence-electron chi connectivity index (χ4n) is 3.63. The van der Waals surface area contributed by atoms with Crippen LogP contribution in [-0.4, -0.2) is 39.7 Å². The maximum absolute atomic E-state index is 13.4. The summed E-state index contributed by atoms with van der Waals surface area (Å²) in [5.74, 6) is -3.47. The largest absolute Gasteiger partial charge is 0.397 e. The number of thiophene rings is 1. The maximum atomic E-state index is 13.4. The van der Waals surface area contributed by atoms with Gasteiger partial charge in [0.1, 0.15) is 9.71 Å². The van der Waals surface area contributed by atoms with Crippen LogP contribution in [0.5, 0.6) is 0 Å². The Hall–Kier alpha value is -4.36. The van der Waals surface area contributed by atoms with Crippen LogP contribution in [0.2, 0.25) is 0 Å². The molecule has 0 aliphatic carbocycles. The lowest BCUT2D eigenvalue weighted by Gasteiger charge is -2.14. The molecule has 4 aromatic rings. The minimum atomic E-state index is -2.98. The molecule has 0 saturated heterocycles. The van der Waals surface area contributed by atoms with Gasteiger partial charge >= 0.3 is 6.03 Å². The van der Waals surface area contributed by atoms with E-state index < -0.39 is 17.9 Å². The Morgan fingerprint density at radius 3 is 2.42 bits per heavy atom. The van der Waals surface area contributed by atoms with Crippen molar-refractivity contribution in [2.24, 2.45) is 5.73 Å². The zero-order valence-corrected chi connectivity index (χ0v) is 21.2. The molecule has 2 heterocycles. The molecule has 3 amide bonds. The van der Waals surface area contributed by atoms with Crippen molar-refractivity contribution in [1.29, 1.82) is 0 Å². The number of nitrogens with two attached hydrogens (primary N) is 2. The Morgan fingerprint density at radius 2 is 1.79 bits per heavy atom. The van der Waals surface area contributed by atoms with Crippen LogP contribution in [0.25, 0.3) is 21.5 Å². The number of fused-ring (bicyclic) bond motifs is 1. The number of nitrogens with one attached hydrogen (secondary N) is 3. The van der Waals surface area contributed by atoms with E-state index in [4.69, 9.17) is 11.5 Å². The highest BCUT2D eigenvalue weighted by Gasteiger charge is 2.24. The van der Waals surface area contributed by atoms with Gasteiger partial charge in [0.05, 0.1) is 23.4 Å². The van der Waals surface area contributed by atoms with E-state index in [-0.39, 0.29) is 34.7 Å². The van der Waals surface area contributed by atoms with Crippen molar-refractivity contribution in [2.45, 2.75) is 25.8 Å². The lowest BCUT2D eigenvalue weighted by Crippen LogP contribution is -2.21. The van der Waals surface area contributed by atoms with Crippen molar-refractivity contribution in [2.75, 3.05) is 28.3 Å². The Kier molecular flexibility index (Phi) is 7.41. The number of anilines is 4. The molecule has 13 heteroatoms. The molecule has 0 radical (unpaired) electrons. The molecule has 0 unspecified atom stereocenters. The molecule has 1 atom stereocenters. The number of primary amides is 1. The third-order valence-corrected chi connectivity index (χ3v) is 6.62. The molecule has 0 fully saturated rings. The zero-order valence-electron chi connectivity index (χ0n) is 20.4. The van der Waals surface area contributed by atoms with Crippen LogP contribution in [0.1, 0.15) is 29.1 Å². The SMILES string of the molecule is C[C@@H](CO)Nc1nc(-c2cccc(NC(=O)Nc3ccc(C(C)(F)F)cc3)c2)c2c(N)c(C(N)=O)sc2n1. The predicted molar refractivity (Wildman–Crippen MR) is 145 cm³/mol. The summed E-state index contributed by atoms with van der Waals surface area (Å²) < 4.78 is 26.9. The number of benzene rings is 2. The number of halogens is 2. The van der Waals surface area contributed by atoms with E-state index >= 15 is 0 Å². The number of rotatable bonds is 8. The average molecular weight is 542 g/mol. The number of hydrogen-bond donors (Lipinski definition) is 6. The number of carbonyl (C=O) groups is 2. The molecule has 0 bridgehead atoms. The topological polar surface area (TPSA) is 168 Å². The molecule has 198 valence electrons. The van der Waals surface area contributed by atoms with Gasteiger partial charge in [-0.05, 0) is 31.2 Å². The van der Waals surface area contributed by atoms with Crippen molar-refractivity contribution < 1.29 is 23.5 Å². The van der Waals surface area contributed by atoms with Gasteiger partial charge in [-0.2, -0.15) is 0 Å². The minimum absolute atomic E-state index is 0.142. The molecule has 0 aliphatic heterocycles. The number of aliphatic hydroxyl groups is 1. The summed E-state index contributed by atoms with van der Waals surface area (Å²) in [7, 11) is 0. The Balaban J connectivity index is 1.64. The third-order valence-electron chi connectivity index (χ3n) is 5.51. The summed E-state index contributed by atoms with van der Waals surface area (Å²) in [5.41, 5.74) is 13.4. The van der Waals surface area contributed by atoms with Crippen molar-refractivity contribution in [1.82, 2.24) is 9.97 Å². The number of aliphatic hydroxyl groups excluding tert-OH is 1. The smallest absolute Gasteiger partial charge is 0.323 e. The van der Waals surface area contributed by atoms with E-state index in [9.17, 15) is 23.5 Å². The van der Waals surface area contributed by atoms with Gasteiger partial charge in [0.15, 0.2) is 0 Å². The van der Waals surface area contributed by atoms with Crippen molar-refractivity contribution in [3.8, 4) is 11.3 Å². The van der Waals surface area contributed by atoms with E-state index in [0.29, 0.717) is 32.8 Å². The van der Waals surface area contributed by atoms with Gasteiger partial charge in [-0.3, -0.25) is 4.79 Å². The second-order valence-corrected chi connectivity index (χ2v) is 9.64. The normalized spacial score (nSPS) is 12.2. The molecule has 0 saturated carbocycles. The molecule has 2 aromatic heterocycles. The first kappa shape index (κ1) is 26.7. The first-order valence-corrected chi connectivity index (χ1v) is 12.2. The number of carbonyl (C=O) groups excluding carboxylic acids is 2. The van der Waals surface area contributed by atoms with Crippen LogP contribution >= 0.6 is 11.3 Å². The summed E-state index contributed by atoms with van der Waals surface area (Å²) in [5, 5.41) is 18.1. The van der Waals surface area contributed by atoms with Crippen LogP contribution in [0.4, 0.5) is 36.6 Å². The average Bonchev–Trinajstić information content (AvgIpc) is 3.20. The fraction of sp³-hybridized carbons (Fsp3) is 0.200. The lowest BCUT2D eigenvalue weighted by molar-refractivity contribution is 0.0175. The molecule has 2 aromatic carbocycles. The van der Waals surface area contributed by atoms with Gasteiger partial charge in [0.25, 0.3) is 11.8 Å². The first-order valence-electron chi connectivity index (χ1n) is 11.4. The standard InChI is InChI=1S/C25H25F2N7O3S/c1-12(11-35)30-23-33-19(17-18(28)20(21(29)36)38-22(17)34-23)13-4-3-5-16(10-13)32-24(37)31-15-8-6-14(7-9-15)25(2,26)27/h3-10,12,35H,11,28H2,1-2H3,(H2,29,36)(H,30,33,34)(H2,31,32,37)/t12-/m0/s1. The van der Waals surface area contributed by atoms with E-state index in [2.05, 4.69) is 25.9 Å². The van der Waals surface area contributed by atoms with E-state index in [0.717, 1.165) is 18.3 Å². The van der Waals surface area contributed by atoms with Gasteiger partial charge in [-0.1, -0.05) is 24.3 Å². The van der Waals surface area contributed by atoms with E-state index in [1.807, 2.05) is 0 Å². The Labute approximate surface area is 220 Å². The van der Waals surface area contributed by atoms with Gasteiger partial charge in [0.2, 0.25) is 5.95 Å². The number of hydrogen-bond acceptors (Lipinski definition) is 8. The predicted octanol–water partition coefficient (Wildman–Crippen LogP) is 4.59. The third kappa shape index (κ3) is 5.79. The summed E-state index contributed by atoms with van der Waals surface area (Å²) in [4.78, 5) is 34.0. The monoisotopic (exact) mass is 541 g/mol. The molecule has 10 nitrogen and oxygen atoms in total. The fourth-order valence-corrected chi connectivity index (χ4v) is 4.58. The van der Waals surface area contributed by atoms with Gasteiger partial charge in [0, 0.05) is 35.5 Å². The molecule has 0 spiro atoms. The van der Waals surface area contributed by atoms with Crippen LogP contribution in [0.15, 0.2) is 48.5 Å². The number of urea groups is 1. The van der Waals surface area contributed by atoms with Crippen molar-refractivity contribution in [3.05, 3.63) is 59.0 Å². The van der Waals surface area contributed by atoms with Crippen LogP contribution in [0.3, 0.4) is 0 Å². The molecular formula is C25H25F2N7O3S. The minimum Gasteiger partial charge on any atom is -0.397 e. The summed E-state index contributed by atoms with van der Waals surface area (Å²) in [6.07, 6.45) is 0. The number of aromatic nitrogens is 2. The number of amides is 3. The Bertz CT molecular complexity index is 1500. The number of nitrogen functional groups attached to an aromatic ring is 1. The summed E-state index contributed by atoms with van der Waals surface area (Å²) in [6.45, 7) is 2.38. The highest BCUT2D eigenvalue weighted by molar-refractivity contribution is 7.21. The van der Waals surface area contributed by atoms with Crippen LogP contribution in [-0.2, 0) is 5.92 Å². The second kappa shape index (κ2) is 10.6.